The Labute approximate surface area is 80.5 Å². The van der Waals surface area contributed by atoms with Crippen LogP contribution in [-0.2, 0) is 4.79 Å². The zero-order valence-electron chi connectivity index (χ0n) is 8.84. The van der Waals surface area contributed by atoms with E-state index in [9.17, 15) is 4.79 Å². The maximum absolute atomic E-state index is 10.9. The summed E-state index contributed by atoms with van der Waals surface area (Å²) in [4.78, 5) is 13.3. The fourth-order valence-corrected chi connectivity index (χ4v) is 1.88. The summed E-state index contributed by atoms with van der Waals surface area (Å²) in [5, 5.41) is 2.99. The minimum atomic E-state index is 0.0932. The summed E-state index contributed by atoms with van der Waals surface area (Å²) in [6.07, 6.45) is 2.33. The van der Waals surface area contributed by atoms with Crippen LogP contribution in [0.25, 0.3) is 0 Å². The Balaban J connectivity index is 2.37. The highest BCUT2D eigenvalue weighted by atomic mass is 16.1. The lowest BCUT2D eigenvalue weighted by Gasteiger charge is -2.35. The molecule has 0 radical (unpaired) electrons. The van der Waals surface area contributed by atoms with E-state index in [0.29, 0.717) is 12.1 Å². The third-order valence-electron chi connectivity index (χ3n) is 2.59. The van der Waals surface area contributed by atoms with E-state index in [-0.39, 0.29) is 5.91 Å². The molecule has 0 aliphatic carbocycles. The Morgan fingerprint density at radius 3 is 2.77 bits per heavy atom. The van der Waals surface area contributed by atoms with Crippen LogP contribution >= 0.6 is 0 Å². The molecule has 1 atom stereocenters. The molecule has 0 bridgehead atoms. The summed E-state index contributed by atoms with van der Waals surface area (Å²) < 4.78 is 0. The standard InChI is InChI=1S/C10H20N2O/c1-8(2)12-6-4-5-10(7-12)11-9(3)13/h8,10H,4-7H2,1-3H3,(H,11,13)/t10-/m1/s1. The van der Waals surface area contributed by atoms with Gasteiger partial charge in [-0.25, -0.2) is 0 Å². The van der Waals surface area contributed by atoms with Gasteiger partial charge in [0.15, 0.2) is 0 Å². The van der Waals surface area contributed by atoms with Gasteiger partial charge in [-0.1, -0.05) is 0 Å². The molecule has 1 amide bonds. The summed E-state index contributed by atoms with van der Waals surface area (Å²) in [5.74, 6) is 0.0932. The Hall–Kier alpha value is -0.570. The van der Waals surface area contributed by atoms with Gasteiger partial charge in [-0.15, -0.1) is 0 Å². The Bertz CT molecular complexity index is 180. The Kier molecular flexibility index (Phi) is 3.72. The number of nitrogens with one attached hydrogen (secondary N) is 1. The largest absolute Gasteiger partial charge is 0.352 e. The number of piperidine rings is 1. The van der Waals surface area contributed by atoms with Crippen molar-refractivity contribution in [3.63, 3.8) is 0 Å². The molecule has 1 fully saturated rings. The second kappa shape index (κ2) is 4.61. The van der Waals surface area contributed by atoms with Gasteiger partial charge in [0.05, 0.1) is 0 Å². The lowest BCUT2D eigenvalue weighted by Crippen LogP contribution is -2.49. The number of likely N-dealkylation sites (tertiary alicyclic amines) is 1. The van der Waals surface area contributed by atoms with Gasteiger partial charge in [-0.2, -0.15) is 0 Å². The molecule has 3 nitrogen and oxygen atoms in total. The van der Waals surface area contributed by atoms with Crippen LogP contribution in [0, 0.1) is 0 Å². The molecule has 1 N–H and O–H groups in total. The van der Waals surface area contributed by atoms with Crippen molar-refractivity contribution in [1.29, 1.82) is 0 Å². The third-order valence-corrected chi connectivity index (χ3v) is 2.59. The molecule has 1 saturated heterocycles. The van der Waals surface area contributed by atoms with Crippen molar-refractivity contribution in [2.24, 2.45) is 0 Å². The van der Waals surface area contributed by atoms with Crippen LogP contribution < -0.4 is 5.32 Å². The van der Waals surface area contributed by atoms with Gasteiger partial charge in [-0.3, -0.25) is 9.69 Å². The first kappa shape index (κ1) is 10.5. The summed E-state index contributed by atoms with van der Waals surface area (Å²) in [6, 6.07) is 0.963. The van der Waals surface area contributed by atoms with Gasteiger partial charge in [0, 0.05) is 25.6 Å². The summed E-state index contributed by atoms with van der Waals surface area (Å²) in [7, 11) is 0. The number of amides is 1. The number of carbonyl (C=O) groups excluding carboxylic acids is 1. The van der Waals surface area contributed by atoms with E-state index in [1.807, 2.05) is 0 Å². The Morgan fingerprint density at radius 1 is 1.54 bits per heavy atom. The van der Waals surface area contributed by atoms with E-state index in [4.69, 9.17) is 0 Å². The highest BCUT2D eigenvalue weighted by Crippen LogP contribution is 2.12. The van der Waals surface area contributed by atoms with Crippen molar-refractivity contribution in [3.8, 4) is 0 Å². The van der Waals surface area contributed by atoms with Crippen LogP contribution in [0.1, 0.15) is 33.6 Å². The average Bonchev–Trinajstić information content (AvgIpc) is 2.03. The van der Waals surface area contributed by atoms with Gasteiger partial charge in [0.25, 0.3) is 0 Å². The maximum Gasteiger partial charge on any atom is 0.217 e. The molecular weight excluding hydrogens is 164 g/mol. The molecule has 0 aromatic rings. The van der Waals surface area contributed by atoms with Crippen molar-refractivity contribution < 1.29 is 4.79 Å². The van der Waals surface area contributed by atoms with Crippen LogP contribution in [0.5, 0.6) is 0 Å². The number of hydrogen-bond acceptors (Lipinski definition) is 2. The lowest BCUT2D eigenvalue weighted by molar-refractivity contribution is -0.120. The van der Waals surface area contributed by atoms with Gasteiger partial charge in [0.2, 0.25) is 5.91 Å². The van der Waals surface area contributed by atoms with E-state index in [2.05, 4.69) is 24.1 Å². The first-order chi connectivity index (χ1) is 6.09. The first-order valence-corrected chi connectivity index (χ1v) is 5.10. The predicted octanol–water partition coefficient (Wildman–Crippen LogP) is 0.995. The SMILES string of the molecule is CC(=O)N[C@@H]1CCCN(C(C)C)C1. The molecule has 76 valence electrons. The minimum absolute atomic E-state index is 0.0932. The van der Waals surface area contributed by atoms with Crippen LogP contribution in [-0.4, -0.2) is 36.0 Å². The second-order valence-corrected chi connectivity index (χ2v) is 4.13. The summed E-state index contributed by atoms with van der Waals surface area (Å²) in [6.45, 7) is 8.19. The van der Waals surface area contributed by atoms with E-state index in [0.717, 1.165) is 13.0 Å². The van der Waals surface area contributed by atoms with E-state index >= 15 is 0 Å². The van der Waals surface area contributed by atoms with Gasteiger partial charge in [-0.05, 0) is 33.2 Å². The number of carbonyl (C=O) groups is 1. The fraction of sp³-hybridized carbons (Fsp3) is 0.900. The molecule has 1 rings (SSSR count). The lowest BCUT2D eigenvalue weighted by atomic mass is 10.0. The quantitative estimate of drug-likeness (QED) is 0.694. The van der Waals surface area contributed by atoms with E-state index < -0.39 is 0 Å². The molecular formula is C10H20N2O. The normalized spacial score (nSPS) is 24.8. The van der Waals surface area contributed by atoms with Crippen molar-refractivity contribution >= 4 is 5.91 Å². The zero-order valence-corrected chi connectivity index (χ0v) is 8.84. The molecule has 13 heavy (non-hydrogen) atoms. The smallest absolute Gasteiger partial charge is 0.217 e. The summed E-state index contributed by atoms with van der Waals surface area (Å²) in [5.41, 5.74) is 0. The van der Waals surface area contributed by atoms with Crippen LogP contribution in [0.15, 0.2) is 0 Å². The minimum Gasteiger partial charge on any atom is -0.352 e. The predicted molar refractivity (Wildman–Crippen MR) is 53.5 cm³/mol. The van der Waals surface area contributed by atoms with Crippen LogP contribution in [0.3, 0.4) is 0 Å². The fourth-order valence-electron chi connectivity index (χ4n) is 1.88. The molecule has 0 aromatic heterocycles. The molecule has 0 aromatic carbocycles. The van der Waals surface area contributed by atoms with Crippen molar-refractivity contribution in [2.75, 3.05) is 13.1 Å². The molecule has 1 aliphatic heterocycles. The monoisotopic (exact) mass is 184 g/mol. The first-order valence-electron chi connectivity index (χ1n) is 5.10. The van der Waals surface area contributed by atoms with Crippen molar-refractivity contribution in [3.05, 3.63) is 0 Å². The zero-order chi connectivity index (χ0) is 9.84. The average molecular weight is 184 g/mol. The van der Waals surface area contributed by atoms with Crippen LogP contribution in [0.4, 0.5) is 0 Å². The second-order valence-electron chi connectivity index (χ2n) is 4.13. The Morgan fingerprint density at radius 2 is 2.23 bits per heavy atom. The number of hydrogen-bond donors (Lipinski definition) is 1. The number of rotatable bonds is 2. The van der Waals surface area contributed by atoms with Gasteiger partial charge < -0.3 is 5.32 Å². The van der Waals surface area contributed by atoms with Crippen molar-refractivity contribution in [2.45, 2.75) is 45.7 Å². The number of nitrogens with zero attached hydrogens (tertiary/aromatic N) is 1. The van der Waals surface area contributed by atoms with Gasteiger partial charge >= 0.3 is 0 Å². The summed E-state index contributed by atoms with van der Waals surface area (Å²) >= 11 is 0. The molecule has 3 heteroatoms. The van der Waals surface area contributed by atoms with Crippen LogP contribution in [0.2, 0.25) is 0 Å². The molecule has 1 aliphatic rings. The van der Waals surface area contributed by atoms with Gasteiger partial charge in [0.1, 0.15) is 0 Å². The maximum atomic E-state index is 10.9. The third kappa shape index (κ3) is 3.35. The molecule has 0 saturated carbocycles. The highest BCUT2D eigenvalue weighted by Gasteiger charge is 2.21. The highest BCUT2D eigenvalue weighted by molar-refractivity contribution is 5.73. The van der Waals surface area contributed by atoms with Crippen molar-refractivity contribution in [1.82, 2.24) is 10.2 Å². The molecule has 1 heterocycles. The molecule has 0 spiro atoms. The topological polar surface area (TPSA) is 32.3 Å². The molecule has 0 unspecified atom stereocenters. The van der Waals surface area contributed by atoms with E-state index in [1.54, 1.807) is 6.92 Å². The van der Waals surface area contributed by atoms with E-state index in [1.165, 1.54) is 13.0 Å².